The smallest absolute Gasteiger partial charge is 0.0112 e. The lowest BCUT2D eigenvalue weighted by molar-refractivity contribution is 0.904. The number of rotatable bonds is 0. The van der Waals surface area contributed by atoms with Gasteiger partial charge in [0, 0.05) is 11.5 Å². The van der Waals surface area contributed by atoms with Gasteiger partial charge >= 0.3 is 0 Å². The Morgan fingerprint density at radius 2 is 2.00 bits per heavy atom. The second-order valence-electron chi connectivity index (χ2n) is 1.79. The van der Waals surface area contributed by atoms with Gasteiger partial charge in [-0.3, -0.25) is 0 Å². The maximum atomic E-state index is 5.16. The third kappa shape index (κ3) is 2.17. The van der Waals surface area contributed by atoms with E-state index in [9.17, 15) is 0 Å². The first-order chi connectivity index (χ1) is 3.71. The SMILES string of the molecule is S=S1(=S)CCCCS1. The molecule has 0 amide bonds. The lowest BCUT2D eigenvalue weighted by Gasteiger charge is -2.13. The molecule has 1 aliphatic rings. The van der Waals surface area contributed by atoms with E-state index in [4.69, 9.17) is 22.4 Å². The average Bonchev–Trinajstić information content (AvgIpc) is 1.65. The molecule has 0 aromatic carbocycles. The molecule has 1 fully saturated rings. The summed E-state index contributed by atoms with van der Waals surface area (Å²) in [5.41, 5.74) is 0. The lowest BCUT2D eigenvalue weighted by atomic mass is 10.4. The van der Waals surface area contributed by atoms with Crippen molar-refractivity contribution in [3.05, 3.63) is 0 Å². The van der Waals surface area contributed by atoms with Crippen LogP contribution in [0.1, 0.15) is 12.8 Å². The van der Waals surface area contributed by atoms with Gasteiger partial charge < -0.3 is 0 Å². The van der Waals surface area contributed by atoms with Crippen LogP contribution >= 0.6 is 10.8 Å². The first-order valence-corrected chi connectivity index (χ1v) is 7.73. The summed E-state index contributed by atoms with van der Waals surface area (Å²) in [6.45, 7) is 0. The van der Waals surface area contributed by atoms with Crippen LogP contribution in [0.4, 0.5) is 0 Å². The van der Waals surface area contributed by atoms with Gasteiger partial charge in [0.25, 0.3) is 0 Å². The molecule has 1 aliphatic heterocycles. The van der Waals surface area contributed by atoms with E-state index in [0.717, 1.165) is 5.75 Å². The van der Waals surface area contributed by atoms with Crippen molar-refractivity contribution >= 4 is 39.3 Å². The number of hydrogen-bond acceptors (Lipinski definition) is 3. The van der Waals surface area contributed by atoms with Crippen molar-refractivity contribution in [2.45, 2.75) is 12.8 Å². The van der Waals surface area contributed by atoms with Gasteiger partial charge in [0.15, 0.2) is 0 Å². The molecule has 0 N–H and O–H groups in total. The van der Waals surface area contributed by atoms with Crippen LogP contribution in [0.2, 0.25) is 0 Å². The van der Waals surface area contributed by atoms with E-state index >= 15 is 0 Å². The predicted octanol–water partition coefficient (Wildman–Crippen LogP) is 1.51. The van der Waals surface area contributed by atoms with E-state index in [1.54, 1.807) is 0 Å². The summed E-state index contributed by atoms with van der Waals surface area (Å²) in [5, 5.41) is 0. The van der Waals surface area contributed by atoms with Crippen LogP contribution in [0.25, 0.3) is 0 Å². The standard InChI is InChI=1S/C4H8S4/c5-8(6)4-2-1-3-7-8/h1-4H2. The van der Waals surface area contributed by atoms with Crippen LogP contribution in [-0.4, -0.2) is 11.5 Å². The summed E-state index contributed by atoms with van der Waals surface area (Å²) < 4.78 is 0. The normalized spacial score (nSPS) is 27.5. The molecule has 0 nitrogen and oxygen atoms in total. The highest BCUT2D eigenvalue weighted by atomic mass is 33.5. The molecular formula is C4H8S4. The maximum absolute atomic E-state index is 5.16. The van der Waals surface area contributed by atoms with Gasteiger partial charge in [0.1, 0.15) is 0 Å². The second kappa shape index (κ2) is 2.82. The van der Waals surface area contributed by atoms with Crippen LogP contribution in [0.3, 0.4) is 0 Å². The zero-order valence-electron chi connectivity index (χ0n) is 4.46. The Labute approximate surface area is 63.6 Å². The Bertz CT molecular complexity index is 143. The molecule has 0 aliphatic carbocycles. The van der Waals surface area contributed by atoms with E-state index in [0.29, 0.717) is 0 Å². The van der Waals surface area contributed by atoms with E-state index in [1.807, 2.05) is 10.8 Å². The molecule has 0 radical (unpaired) electrons. The molecule has 1 rings (SSSR count). The van der Waals surface area contributed by atoms with Crippen molar-refractivity contribution in [2.75, 3.05) is 11.5 Å². The molecule has 8 heavy (non-hydrogen) atoms. The molecular weight excluding hydrogens is 176 g/mol. The van der Waals surface area contributed by atoms with Gasteiger partial charge in [-0.15, -0.1) is 0 Å². The lowest BCUT2D eigenvalue weighted by Crippen LogP contribution is -2.05. The van der Waals surface area contributed by atoms with Gasteiger partial charge in [0.2, 0.25) is 0 Å². The van der Waals surface area contributed by atoms with Gasteiger partial charge in [0.05, 0.1) is 0 Å². The van der Waals surface area contributed by atoms with Crippen LogP contribution in [-0.2, 0) is 28.6 Å². The first-order valence-electron chi connectivity index (χ1n) is 2.58. The van der Waals surface area contributed by atoms with Crippen molar-refractivity contribution in [3.63, 3.8) is 0 Å². The molecule has 0 aromatic heterocycles. The first kappa shape index (κ1) is 7.25. The van der Waals surface area contributed by atoms with Crippen LogP contribution < -0.4 is 0 Å². The van der Waals surface area contributed by atoms with E-state index in [2.05, 4.69) is 0 Å². The van der Waals surface area contributed by atoms with Crippen LogP contribution in [0.5, 0.6) is 0 Å². The van der Waals surface area contributed by atoms with Gasteiger partial charge in [-0.2, -0.15) is 0 Å². The molecule has 0 unspecified atom stereocenters. The Morgan fingerprint density at radius 3 is 2.25 bits per heavy atom. The Balaban J connectivity index is 2.58. The average molecular weight is 184 g/mol. The Morgan fingerprint density at radius 1 is 1.25 bits per heavy atom. The summed E-state index contributed by atoms with van der Waals surface area (Å²) in [7, 11) is 1.83. The minimum atomic E-state index is -0.999. The fourth-order valence-corrected chi connectivity index (χ4v) is 5.63. The highest BCUT2D eigenvalue weighted by Crippen LogP contribution is 2.22. The largest absolute Gasteiger partial charge is 0.0861 e. The molecule has 0 atom stereocenters. The highest BCUT2D eigenvalue weighted by Gasteiger charge is 2.07. The molecule has 0 aromatic rings. The number of hydrogen-bond donors (Lipinski definition) is 0. The zero-order valence-corrected chi connectivity index (χ0v) is 7.73. The van der Waals surface area contributed by atoms with E-state index in [1.165, 1.54) is 18.6 Å². The monoisotopic (exact) mass is 184 g/mol. The fraction of sp³-hybridized carbons (Fsp3) is 1.00. The summed E-state index contributed by atoms with van der Waals surface area (Å²) in [6.07, 6.45) is 1.60. The third-order valence-electron chi connectivity index (χ3n) is 1.05. The van der Waals surface area contributed by atoms with E-state index in [-0.39, 0.29) is 0 Å². The van der Waals surface area contributed by atoms with Gasteiger partial charge in [-0.05, 0) is 41.4 Å². The van der Waals surface area contributed by atoms with Crippen molar-refractivity contribution in [1.29, 1.82) is 0 Å². The van der Waals surface area contributed by atoms with Crippen LogP contribution in [0, 0.1) is 0 Å². The quantitative estimate of drug-likeness (QED) is 0.524. The molecule has 1 saturated heterocycles. The molecule has 4 heteroatoms. The van der Waals surface area contributed by atoms with Crippen molar-refractivity contribution in [2.24, 2.45) is 0 Å². The van der Waals surface area contributed by atoms with Crippen LogP contribution in [0.15, 0.2) is 0 Å². The highest BCUT2D eigenvalue weighted by molar-refractivity contribution is 8.98. The molecule has 48 valence electrons. The maximum Gasteiger partial charge on any atom is 0.0112 e. The Hall–Kier alpha value is 1.14. The van der Waals surface area contributed by atoms with Crippen molar-refractivity contribution in [3.8, 4) is 0 Å². The Kier molecular flexibility index (Phi) is 2.55. The van der Waals surface area contributed by atoms with Crippen molar-refractivity contribution in [1.82, 2.24) is 0 Å². The topological polar surface area (TPSA) is 0 Å². The van der Waals surface area contributed by atoms with Gasteiger partial charge in [-0.1, -0.05) is 10.8 Å². The predicted molar refractivity (Wildman–Crippen MR) is 48.7 cm³/mol. The molecule has 1 heterocycles. The third-order valence-corrected chi connectivity index (χ3v) is 7.46. The van der Waals surface area contributed by atoms with Gasteiger partial charge in [-0.25, -0.2) is 0 Å². The van der Waals surface area contributed by atoms with Crippen molar-refractivity contribution < 1.29 is 0 Å². The second-order valence-corrected chi connectivity index (χ2v) is 11.7. The summed E-state index contributed by atoms with van der Waals surface area (Å²) in [6, 6.07) is 0. The fourth-order valence-electron chi connectivity index (χ4n) is 0.626. The molecule has 0 bridgehead atoms. The summed E-state index contributed by atoms with van der Waals surface area (Å²) >= 11 is 10.3. The minimum absolute atomic E-state index is 0.999. The molecule has 0 saturated carbocycles. The zero-order chi connectivity index (χ0) is 6.04. The minimum Gasteiger partial charge on any atom is -0.0861 e. The summed E-state index contributed by atoms with van der Waals surface area (Å²) in [4.78, 5) is 0. The molecule has 0 spiro atoms. The summed E-state index contributed by atoms with van der Waals surface area (Å²) in [5.74, 6) is 2.34. The van der Waals surface area contributed by atoms with E-state index < -0.39 is 6.18 Å².